The predicted octanol–water partition coefficient (Wildman–Crippen LogP) is 2.34. The fourth-order valence-electron chi connectivity index (χ4n) is 3.64. The van der Waals surface area contributed by atoms with Crippen molar-refractivity contribution in [1.29, 1.82) is 0 Å². The van der Waals surface area contributed by atoms with Gasteiger partial charge in [-0.15, -0.1) is 0 Å². The zero-order valence-corrected chi connectivity index (χ0v) is 12.4. The molecule has 0 amide bonds. The highest BCUT2D eigenvalue weighted by Gasteiger charge is 2.37. The summed E-state index contributed by atoms with van der Waals surface area (Å²) in [5, 5.41) is 16.5. The average Bonchev–Trinajstić information content (AvgIpc) is 3.13. The van der Waals surface area contributed by atoms with Crippen molar-refractivity contribution in [3.63, 3.8) is 0 Å². The van der Waals surface area contributed by atoms with Gasteiger partial charge in [0.1, 0.15) is 6.20 Å². The van der Waals surface area contributed by atoms with E-state index in [4.69, 9.17) is 0 Å². The minimum Gasteiger partial charge on any atom is -0.359 e. The molecule has 2 aromatic heterocycles. The summed E-state index contributed by atoms with van der Waals surface area (Å²) in [5.74, 6) is 0.477. The number of fused-ring (bicyclic) bond motifs is 2. The molecular formula is C13H17N5O2S. The molecule has 2 unspecified atom stereocenters. The molecule has 4 rings (SSSR count). The second kappa shape index (κ2) is 4.96. The van der Waals surface area contributed by atoms with Gasteiger partial charge >= 0.3 is 5.82 Å². The Morgan fingerprint density at radius 2 is 2.29 bits per heavy atom. The molecule has 2 saturated heterocycles. The second-order valence-corrected chi connectivity index (χ2v) is 6.61. The Bertz CT molecular complexity index is 681. The van der Waals surface area contributed by atoms with E-state index < -0.39 is 0 Å². The first kappa shape index (κ1) is 13.0. The lowest BCUT2D eigenvalue weighted by Gasteiger charge is -2.32. The van der Waals surface area contributed by atoms with E-state index in [-0.39, 0.29) is 16.8 Å². The number of hydrogen-bond acceptors (Lipinski definition) is 6. The monoisotopic (exact) mass is 307 g/mol. The molecule has 21 heavy (non-hydrogen) atoms. The smallest absolute Gasteiger partial charge is 0.359 e. The third-order valence-corrected chi connectivity index (χ3v) is 5.34. The molecule has 112 valence electrons. The van der Waals surface area contributed by atoms with Crippen molar-refractivity contribution in [3.8, 4) is 0 Å². The predicted molar refractivity (Wildman–Crippen MR) is 81.0 cm³/mol. The number of rotatable bonds is 3. The molecule has 0 spiro atoms. The van der Waals surface area contributed by atoms with E-state index in [0.29, 0.717) is 16.8 Å². The molecule has 0 bridgehead atoms. The lowest BCUT2D eigenvalue weighted by molar-refractivity contribution is -0.389. The molecule has 2 fully saturated rings. The summed E-state index contributed by atoms with van der Waals surface area (Å²) in [6.45, 7) is 2.24. The van der Waals surface area contributed by atoms with Crippen LogP contribution < -0.4 is 5.32 Å². The number of nitrogens with one attached hydrogen (secondary N) is 1. The molecular weight excluding hydrogens is 290 g/mol. The van der Waals surface area contributed by atoms with Gasteiger partial charge in [-0.2, -0.15) is 9.38 Å². The number of aromatic nitrogens is 2. The van der Waals surface area contributed by atoms with Crippen molar-refractivity contribution in [3.05, 3.63) is 21.7 Å². The molecule has 2 aliphatic heterocycles. The quantitative estimate of drug-likeness (QED) is 0.696. The molecule has 2 atom stereocenters. The van der Waals surface area contributed by atoms with E-state index in [2.05, 4.69) is 15.2 Å². The normalized spacial score (nSPS) is 26.1. The maximum atomic E-state index is 11.4. The van der Waals surface area contributed by atoms with Gasteiger partial charge in [0.05, 0.1) is 0 Å². The van der Waals surface area contributed by atoms with Crippen LogP contribution in [-0.2, 0) is 0 Å². The van der Waals surface area contributed by atoms with Gasteiger partial charge in [-0.1, -0.05) is 17.8 Å². The fourth-order valence-corrected chi connectivity index (χ4v) is 4.35. The van der Waals surface area contributed by atoms with Gasteiger partial charge in [-0.05, 0) is 30.7 Å². The Hall–Kier alpha value is -1.67. The van der Waals surface area contributed by atoms with Crippen LogP contribution in [0.2, 0.25) is 0 Å². The van der Waals surface area contributed by atoms with Crippen molar-refractivity contribution in [1.82, 2.24) is 14.3 Å². The van der Waals surface area contributed by atoms with E-state index in [1.165, 1.54) is 30.6 Å². The topological polar surface area (TPSA) is 75.7 Å². The third kappa shape index (κ3) is 2.09. The van der Waals surface area contributed by atoms with Gasteiger partial charge < -0.3 is 15.4 Å². The first-order valence-corrected chi connectivity index (χ1v) is 8.22. The molecule has 4 heterocycles. The average molecular weight is 307 g/mol. The van der Waals surface area contributed by atoms with Crippen LogP contribution in [0.25, 0.3) is 4.96 Å². The summed E-state index contributed by atoms with van der Waals surface area (Å²) < 4.78 is 1.56. The highest BCUT2D eigenvalue weighted by molar-refractivity contribution is 7.15. The SMILES string of the molecule is O=[N+]([O-])c1c(NC2CCN3CCCCC23)nc2sccn12. The molecule has 1 N–H and O–H groups in total. The van der Waals surface area contributed by atoms with Crippen molar-refractivity contribution < 1.29 is 4.92 Å². The van der Waals surface area contributed by atoms with Crippen LogP contribution in [0.4, 0.5) is 11.6 Å². The van der Waals surface area contributed by atoms with Crippen LogP contribution in [-0.4, -0.2) is 44.4 Å². The largest absolute Gasteiger partial charge is 0.372 e. The van der Waals surface area contributed by atoms with Crippen LogP contribution in [0.15, 0.2) is 11.6 Å². The number of hydrogen-bond donors (Lipinski definition) is 1. The standard InChI is InChI=1S/C13H17N5O2S/c19-18(20)12-11(15-13-17(12)7-8-21-13)14-9-4-6-16-5-2-1-3-10(9)16/h7-10,14H,1-6H2. The number of anilines is 1. The van der Waals surface area contributed by atoms with E-state index >= 15 is 0 Å². The molecule has 0 radical (unpaired) electrons. The second-order valence-electron chi connectivity index (χ2n) is 5.74. The van der Waals surface area contributed by atoms with E-state index in [1.54, 1.807) is 10.6 Å². The Balaban J connectivity index is 1.63. The zero-order valence-electron chi connectivity index (χ0n) is 11.6. The lowest BCUT2D eigenvalue weighted by Crippen LogP contribution is -2.41. The summed E-state index contributed by atoms with van der Waals surface area (Å²) in [6.07, 6.45) is 6.43. The van der Waals surface area contributed by atoms with Crippen LogP contribution in [0.3, 0.4) is 0 Å². The third-order valence-electron chi connectivity index (χ3n) is 4.59. The first-order valence-electron chi connectivity index (χ1n) is 7.34. The van der Waals surface area contributed by atoms with Gasteiger partial charge in [-0.3, -0.25) is 4.90 Å². The summed E-state index contributed by atoms with van der Waals surface area (Å²) in [4.78, 5) is 18.6. The highest BCUT2D eigenvalue weighted by Crippen LogP contribution is 2.33. The summed E-state index contributed by atoms with van der Waals surface area (Å²) >= 11 is 1.42. The number of piperidine rings is 1. The summed E-state index contributed by atoms with van der Waals surface area (Å²) in [7, 11) is 0. The van der Waals surface area contributed by atoms with Crippen molar-refractivity contribution in [2.45, 2.75) is 37.8 Å². The van der Waals surface area contributed by atoms with Crippen LogP contribution in [0.5, 0.6) is 0 Å². The Morgan fingerprint density at radius 1 is 1.38 bits per heavy atom. The Morgan fingerprint density at radius 3 is 3.14 bits per heavy atom. The lowest BCUT2D eigenvalue weighted by atomic mass is 9.99. The van der Waals surface area contributed by atoms with E-state index in [1.807, 2.05) is 5.38 Å². The van der Waals surface area contributed by atoms with Gasteiger partial charge in [0, 0.05) is 24.0 Å². The van der Waals surface area contributed by atoms with Gasteiger partial charge in [0.2, 0.25) is 5.82 Å². The fraction of sp³-hybridized carbons (Fsp3) is 0.615. The summed E-state index contributed by atoms with van der Waals surface area (Å²) in [6, 6.07) is 0.770. The number of thiazole rings is 1. The number of nitro groups is 1. The minimum atomic E-state index is -0.345. The van der Waals surface area contributed by atoms with Gasteiger partial charge in [0.15, 0.2) is 0 Å². The van der Waals surface area contributed by atoms with E-state index in [9.17, 15) is 10.1 Å². The molecule has 2 aliphatic rings. The molecule has 0 saturated carbocycles. The molecule has 2 aromatic rings. The Labute approximate surface area is 125 Å². The number of imidazole rings is 1. The molecule has 8 heteroatoms. The maximum absolute atomic E-state index is 11.4. The zero-order chi connectivity index (χ0) is 14.4. The first-order chi connectivity index (χ1) is 10.2. The van der Waals surface area contributed by atoms with Crippen LogP contribution >= 0.6 is 11.3 Å². The van der Waals surface area contributed by atoms with Crippen LogP contribution in [0, 0.1) is 10.1 Å². The summed E-state index contributed by atoms with van der Waals surface area (Å²) in [5.41, 5.74) is 0. The van der Waals surface area contributed by atoms with Crippen molar-refractivity contribution in [2.75, 3.05) is 18.4 Å². The van der Waals surface area contributed by atoms with Crippen molar-refractivity contribution in [2.24, 2.45) is 0 Å². The number of nitrogens with zero attached hydrogens (tertiary/aromatic N) is 4. The van der Waals surface area contributed by atoms with Gasteiger partial charge in [0.25, 0.3) is 4.96 Å². The molecule has 7 nitrogen and oxygen atoms in total. The van der Waals surface area contributed by atoms with Gasteiger partial charge in [-0.25, -0.2) is 0 Å². The maximum Gasteiger partial charge on any atom is 0.372 e. The molecule has 0 aromatic carbocycles. The minimum absolute atomic E-state index is 0.0560. The van der Waals surface area contributed by atoms with Crippen LogP contribution in [0.1, 0.15) is 25.7 Å². The highest BCUT2D eigenvalue weighted by atomic mass is 32.1. The van der Waals surface area contributed by atoms with E-state index in [0.717, 1.165) is 19.5 Å². The molecule has 0 aliphatic carbocycles. The van der Waals surface area contributed by atoms with Crippen molar-refractivity contribution >= 4 is 27.9 Å². The Kier molecular flexibility index (Phi) is 3.07.